The van der Waals surface area contributed by atoms with Crippen molar-refractivity contribution in [3.63, 3.8) is 0 Å². The summed E-state index contributed by atoms with van der Waals surface area (Å²) in [4.78, 5) is 4.19. The van der Waals surface area contributed by atoms with E-state index in [1.165, 1.54) is 0 Å². The van der Waals surface area contributed by atoms with E-state index >= 15 is 0 Å². The Morgan fingerprint density at radius 3 is 2.50 bits per heavy atom. The van der Waals surface area contributed by atoms with Crippen LogP contribution in [0.1, 0.15) is 39.2 Å². The van der Waals surface area contributed by atoms with E-state index in [1.807, 2.05) is 26.0 Å². The van der Waals surface area contributed by atoms with Crippen LogP contribution in [0.15, 0.2) is 18.3 Å². The number of aromatic nitrogens is 1. The van der Waals surface area contributed by atoms with Gasteiger partial charge in [-0.3, -0.25) is 0 Å². The van der Waals surface area contributed by atoms with Crippen LogP contribution in [0.5, 0.6) is 5.88 Å². The van der Waals surface area contributed by atoms with Crippen LogP contribution in [0.4, 0.5) is 0 Å². The van der Waals surface area contributed by atoms with Gasteiger partial charge in [-0.15, -0.1) is 0 Å². The first-order valence-corrected chi connectivity index (χ1v) is 5.82. The fourth-order valence-corrected chi connectivity index (χ4v) is 1.18. The summed E-state index contributed by atoms with van der Waals surface area (Å²) in [5, 5.41) is 0. The lowest BCUT2D eigenvalue weighted by Crippen LogP contribution is -2.07. The second-order valence-electron chi connectivity index (χ2n) is 3.39. The monoisotopic (exact) mass is 225 g/mol. The van der Waals surface area contributed by atoms with E-state index in [4.69, 9.17) is 9.47 Å². The third-order valence-corrected chi connectivity index (χ3v) is 1.95. The van der Waals surface area contributed by atoms with Gasteiger partial charge < -0.3 is 9.47 Å². The molecule has 3 nitrogen and oxygen atoms in total. The van der Waals surface area contributed by atoms with E-state index in [9.17, 15) is 0 Å². The van der Waals surface area contributed by atoms with Gasteiger partial charge in [-0.1, -0.05) is 33.8 Å². The van der Waals surface area contributed by atoms with Gasteiger partial charge in [-0.2, -0.15) is 0 Å². The Balaban J connectivity index is 0.00000106. The molecule has 0 aliphatic rings. The van der Waals surface area contributed by atoms with E-state index in [1.54, 1.807) is 13.3 Å². The maximum absolute atomic E-state index is 5.50. The molecular weight excluding hydrogens is 202 g/mol. The molecule has 16 heavy (non-hydrogen) atoms. The normalized spacial score (nSPS) is 9.62. The molecule has 0 saturated carbocycles. The second-order valence-corrected chi connectivity index (χ2v) is 3.39. The first-order valence-electron chi connectivity index (χ1n) is 5.82. The van der Waals surface area contributed by atoms with Crippen molar-refractivity contribution in [1.29, 1.82) is 0 Å². The highest BCUT2D eigenvalue weighted by molar-refractivity contribution is 5.28. The van der Waals surface area contributed by atoms with E-state index in [0.717, 1.165) is 11.4 Å². The second kappa shape index (κ2) is 9.16. The molecule has 0 N–H and O–H groups in total. The van der Waals surface area contributed by atoms with Crippen molar-refractivity contribution < 1.29 is 9.47 Å². The van der Waals surface area contributed by atoms with E-state index < -0.39 is 0 Å². The smallest absolute Gasteiger partial charge is 0.216 e. The summed E-state index contributed by atoms with van der Waals surface area (Å²) in [7, 11) is 1.66. The molecule has 0 aliphatic carbocycles. The van der Waals surface area contributed by atoms with Crippen molar-refractivity contribution in [2.75, 3.05) is 20.3 Å². The number of pyridine rings is 1. The molecule has 0 amide bonds. The zero-order valence-electron chi connectivity index (χ0n) is 11.0. The van der Waals surface area contributed by atoms with Crippen molar-refractivity contribution in [2.24, 2.45) is 0 Å². The third-order valence-electron chi connectivity index (χ3n) is 1.95. The number of ether oxygens (including phenoxy) is 2. The zero-order chi connectivity index (χ0) is 12.4. The summed E-state index contributed by atoms with van der Waals surface area (Å²) >= 11 is 0. The van der Waals surface area contributed by atoms with Crippen molar-refractivity contribution in [1.82, 2.24) is 4.98 Å². The summed E-state index contributed by atoms with van der Waals surface area (Å²) in [6.45, 7) is 9.39. The summed E-state index contributed by atoms with van der Waals surface area (Å²) in [5.41, 5.74) is 1.14. The molecule has 0 spiro atoms. The number of hydrogen-bond donors (Lipinski definition) is 0. The standard InChI is InChI=1S/C11H17NO2.C2H6/c1-9(2)10-5-4-6-12-11(10)14-8-7-13-3;1-2/h4-6,9H,7-8H2,1-3H3;1-2H3. The largest absolute Gasteiger partial charge is 0.475 e. The average molecular weight is 225 g/mol. The molecule has 0 saturated heterocycles. The first kappa shape index (κ1) is 14.9. The fourth-order valence-electron chi connectivity index (χ4n) is 1.18. The molecule has 1 rings (SSSR count). The van der Waals surface area contributed by atoms with Gasteiger partial charge in [0.2, 0.25) is 5.88 Å². The van der Waals surface area contributed by atoms with Gasteiger partial charge in [-0.05, 0) is 12.0 Å². The Morgan fingerprint density at radius 1 is 1.25 bits per heavy atom. The molecule has 3 heteroatoms. The SMILES string of the molecule is CC.COCCOc1ncccc1C(C)C. The average Bonchev–Trinajstić information content (AvgIpc) is 2.32. The highest BCUT2D eigenvalue weighted by atomic mass is 16.5. The zero-order valence-corrected chi connectivity index (χ0v) is 11.0. The first-order chi connectivity index (χ1) is 7.75. The van der Waals surface area contributed by atoms with Crippen molar-refractivity contribution >= 4 is 0 Å². The minimum atomic E-state index is 0.432. The highest BCUT2D eigenvalue weighted by Gasteiger charge is 2.07. The van der Waals surface area contributed by atoms with Crippen molar-refractivity contribution in [3.8, 4) is 5.88 Å². The molecule has 0 bridgehead atoms. The lowest BCUT2D eigenvalue weighted by atomic mass is 10.1. The van der Waals surface area contributed by atoms with Crippen LogP contribution in [0.3, 0.4) is 0 Å². The van der Waals surface area contributed by atoms with Gasteiger partial charge in [0.05, 0.1) is 6.61 Å². The van der Waals surface area contributed by atoms with Crippen LogP contribution >= 0.6 is 0 Å². The molecule has 0 aromatic carbocycles. The van der Waals surface area contributed by atoms with Gasteiger partial charge in [0.15, 0.2) is 0 Å². The highest BCUT2D eigenvalue weighted by Crippen LogP contribution is 2.22. The van der Waals surface area contributed by atoms with E-state index in [2.05, 4.69) is 18.8 Å². The number of methoxy groups -OCH3 is 1. The molecule has 0 unspecified atom stereocenters. The van der Waals surface area contributed by atoms with Gasteiger partial charge in [0, 0.05) is 18.9 Å². The minimum Gasteiger partial charge on any atom is -0.475 e. The number of nitrogens with zero attached hydrogens (tertiary/aromatic N) is 1. The predicted molar refractivity (Wildman–Crippen MR) is 67.0 cm³/mol. The Hall–Kier alpha value is -1.09. The van der Waals surface area contributed by atoms with Crippen molar-refractivity contribution in [2.45, 2.75) is 33.6 Å². The van der Waals surface area contributed by atoms with E-state index in [-0.39, 0.29) is 0 Å². The topological polar surface area (TPSA) is 31.4 Å². The summed E-state index contributed by atoms with van der Waals surface area (Å²) in [6.07, 6.45) is 1.74. The van der Waals surface area contributed by atoms with Crippen LogP contribution < -0.4 is 4.74 Å². The summed E-state index contributed by atoms with van der Waals surface area (Å²) in [6, 6.07) is 3.97. The molecule has 1 heterocycles. The fraction of sp³-hybridized carbons (Fsp3) is 0.615. The van der Waals surface area contributed by atoms with Gasteiger partial charge in [-0.25, -0.2) is 4.98 Å². The molecular formula is C13H23NO2. The lowest BCUT2D eigenvalue weighted by molar-refractivity contribution is 0.143. The Labute approximate surface area is 98.8 Å². The Kier molecular flexibility index (Phi) is 8.53. The van der Waals surface area contributed by atoms with Crippen LogP contribution in [-0.4, -0.2) is 25.3 Å². The van der Waals surface area contributed by atoms with Crippen LogP contribution in [-0.2, 0) is 4.74 Å². The molecule has 0 radical (unpaired) electrons. The Bertz CT molecular complexity index is 274. The quantitative estimate of drug-likeness (QED) is 0.721. The minimum absolute atomic E-state index is 0.432. The molecule has 0 fully saturated rings. The number of rotatable bonds is 5. The van der Waals surface area contributed by atoms with Crippen LogP contribution in [0.2, 0.25) is 0 Å². The predicted octanol–water partition coefficient (Wildman–Crippen LogP) is 3.26. The van der Waals surface area contributed by atoms with Gasteiger partial charge >= 0.3 is 0 Å². The number of hydrogen-bond acceptors (Lipinski definition) is 3. The van der Waals surface area contributed by atoms with Crippen molar-refractivity contribution in [3.05, 3.63) is 23.9 Å². The summed E-state index contributed by atoms with van der Waals surface area (Å²) in [5.74, 6) is 1.15. The molecule has 0 aliphatic heterocycles. The Morgan fingerprint density at radius 2 is 1.94 bits per heavy atom. The maximum atomic E-state index is 5.50. The van der Waals surface area contributed by atoms with Crippen LogP contribution in [0, 0.1) is 0 Å². The van der Waals surface area contributed by atoms with Gasteiger partial charge in [0.25, 0.3) is 0 Å². The van der Waals surface area contributed by atoms with Crippen LogP contribution in [0.25, 0.3) is 0 Å². The molecule has 1 aromatic heterocycles. The van der Waals surface area contributed by atoms with E-state index in [0.29, 0.717) is 19.1 Å². The lowest BCUT2D eigenvalue weighted by Gasteiger charge is -2.11. The summed E-state index contributed by atoms with van der Waals surface area (Å²) < 4.78 is 10.4. The maximum Gasteiger partial charge on any atom is 0.216 e. The van der Waals surface area contributed by atoms with Gasteiger partial charge in [0.1, 0.15) is 6.61 Å². The molecule has 1 aromatic rings. The molecule has 0 atom stereocenters. The third kappa shape index (κ3) is 5.12. The molecule has 92 valence electrons.